The lowest BCUT2D eigenvalue weighted by Gasteiger charge is -2.21. The predicted molar refractivity (Wildman–Crippen MR) is 74.1 cm³/mol. The summed E-state index contributed by atoms with van der Waals surface area (Å²) in [5.41, 5.74) is 0.694. The van der Waals surface area contributed by atoms with Crippen LogP contribution in [0.5, 0.6) is 0 Å². The Hall–Kier alpha value is -1.38. The summed E-state index contributed by atoms with van der Waals surface area (Å²) >= 11 is 0. The maximum absolute atomic E-state index is 11.2. The van der Waals surface area contributed by atoms with Crippen LogP contribution in [-0.2, 0) is 0 Å². The lowest BCUT2D eigenvalue weighted by atomic mass is 9.98. The molecule has 1 aromatic heterocycles. The molecule has 18 heavy (non-hydrogen) atoms. The van der Waals surface area contributed by atoms with Crippen LogP contribution in [0.1, 0.15) is 49.9 Å². The standard InChI is InChI=1S/C15H22N2O/c1-3-13-5-4-9-17(10-8-13)15-7-6-14(11-16-15)12(2)18/h6-7,11,13H,3-5,8-10H2,1-2H3. The molecule has 0 radical (unpaired) electrons. The molecule has 0 spiro atoms. The van der Waals surface area contributed by atoms with Crippen molar-refractivity contribution in [2.45, 2.75) is 39.5 Å². The molecule has 1 unspecified atom stereocenters. The minimum atomic E-state index is 0.0796. The monoisotopic (exact) mass is 246 g/mol. The molecule has 2 heterocycles. The summed E-state index contributed by atoms with van der Waals surface area (Å²) in [5, 5.41) is 0. The minimum absolute atomic E-state index is 0.0796. The Labute approximate surface area is 109 Å². The third-order valence-electron chi connectivity index (χ3n) is 3.90. The molecule has 1 aliphatic rings. The lowest BCUT2D eigenvalue weighted by Crippen LogP contribution is -2.25. The number of pyridine rings is 1. The first kappa shape index (κ1) is 13.1. The summed E-state index contributed by atoms with van der Waals surface area (Å²) < 4.78 is 0. The smallest absolute Gasteiger partial charge is 0.161 e. The zero-order valence-corrected chi connectivity index (χ0v) is 11.4. The van der Waals surface area contributed by atoms with Crippen molar-refractivity contribution in [2.24, 2.45) is 5.92 Å². The van der Waals surface area contributed by atoms with Gasteiger partial charge in [-0.2, -0.15) is 0 Å². The average Bonchev–Trinajstić information content (AvgIpc) is 2.64. The van der Waals surface area contributed by atoms with Gasteiger partial charge < -0.3 is 4.90 Å². The van der Waals surface area contributed by atoms with Gasteiger partial charge in [-0.05, 0) is 44.2 Å². The zero-order valence-electron chi connectivity index (χ0n) is 11.4. The largest absolute Gasteiger partial charge is 0.357 e. The van der Waals surface area contributed by atoms with Gasteiger partial charge in [0.25, 0.3) is 0 Å². The number of carbonyl (C=O) groups is 1. The maximum Gasteiger partial charge on any atom is 0.161 e. The van der Waals surface area contributed by atoms with Crippen molar-refractivity contribution in [3.8, 4) is 0 Å². The van der Waals surface area contributed by atoms with Crippen LogP contribution in [0.4, 0.5) is 5.82 Å². The average molecular weight is 246 g/mol. The number of hydrogen-bond acceptors (Lipinski definition) is 3. The summed E-state index contributed by atoms with van der Waals surface area (Å²) in [5.74, 6) is 1.96. The van der Waals surface area contributed by atoms with Crippen LogP contribution in [0.25, 0.3) is 0 Å². The van der Waals surface area contributed by atoms with Gasteiger partial charge in [0.1, 0.15) is 5.82 Å². The molecule has 98 valence electrons. The van der Waals surface area contributed by atoms with Crippen molar-refractivity contribution in [3.05, 3.63) is 23.9 Å². The van der Waals surface area contributed by atoms with E-state index in [2.05, 4.69) is 16.8 Å². The fourth-order valence-corrected chi connectivity index (χ4v) is 2.58. The molecule has 1 fully saturated rings. The van der Waals surface area contributed by atoms with Gasteiger partial charge in [0.15, 0.2) is 5.78 Å². The minimum Gasteiger partial charge on any atom is -0.357 e. The number of Topliss-reactive ketones (excluding diaryl/α,β-unsaturated/α-hetero) is 1. The maximum atomic E-state index is 11.2. The Morgan fingerprint density at radius 1 is 1.39 bits per heavy atom. The van der Waals surface area contributed by atoms with Crippen molar-refractivity contribution in [1.82, 2.24) is 4.98 Å². The molecule has 1 aliphatic heterocycles. The molecule has 0 amide bonds. The van der Waals surface area contributed by atoms with Gasteiger partial charge in [0.05, 0.1) is 0 Å². The molecule has 0 aromatic carbocycles. The Balaban J connectivity index is 2.04. The summed E-state index contributed by atoms with van der Waals surface area (Å²) in [6, 6.07) is 3.86. The summed E-state index contributed by atoms with van der Waals surface area (Å²) in [4.78, 5) is 18.0. The number of hydrogen-bond donors (Lipinski definition) is 0. The fourth-order valence-electron chi connectivity index (χ4n) is 2.58. The molecule has 0 bridgehead atoms. The van der Waals surface area contributed by atoms with E-state index in [9.17, 15) is 4.79 Å². The molecule has 2 rings (SSSR count). The molecule has 0 aliphatic carbocycles. The van der Waals surface area contributed by atoms with Crippen molar-refractivity contribution in [1.29, 1.82) is 0 Å². The molecule has 1 atom stereocenters. The van der Waals surface area contributed by atoms with Crippen LogP contribution < -0.4 is 4.90 Å². The second-order valence-electron chi connectivity index (χ2n) is 5.15. The van der Waals surface area contributed by atoms with Crippen LogP contribution >= 0.6 is 0 Å². The molecular formula is C15H22N2O. The first-order valence-electron chi connectivity index (χ1n) is 6.92. The van der Waals surface area contributed by atoms with Gasteiger partial charge >= 0.3 is 0 Å². The van der Waals surface area contributed by atoms with Crippen LogP contribution in [-0.4, -0.2) is 23.9 Å². The van der Waals surface area contributed by atoms with Crippen molar-refractivity contribution >= 4 is 11.6 Å². The highest BCUT2D eigenvalue weighted by Gasteiger charge is 2.16. The van der Waals surface area contributed by atoms with E-state index in [-0.39, 0.29) is 5.78 Å². The fraction of sp³-hybridized carbons (Fsp3) is 0.600. The van der Waals surface area contributed by atoms with E-state index >= 15 is 0 Å². The SMILES string of the molecule is CCC1CCCN(c2ccc(C(C)=O)cn2)CC1. The second-order valence-corrected chi connectivity index (χ2v) is 5.15. The normalized spacial score (nSPS) is 20.6. The number of rotatable bonds is 3. The van der Waals surface area contributed by atoms with E-state index in [0.717, 1.165) is 24.8 Å². The Morgan fingerprint density at radius 2 is 2.22 bits per heavy atom. The first-order chi connectivity index (χ1) is 8.70. The third-order valence-corrected chi connectivity index (χ3v) is 3.90. The first-order valence-corrected chi connectivity index (χ1v) is 6.92. The Morgan fingerprint density at radius 3 is 2.83 bits per heavy atom. The Kier molecular flexibility index (Phi) is 4.34. The number of anilines is 1. The molecule has 3 heteroatoms. The molecule has 1 saturated heterocycles. The second kappa shape index (κ2) is 5.98. The quantitative estimate of drug-likeness (QED) is 0.767. The topological polar surface area (TPSA) is 33.2 Å². The van der Waals surface area contributed by atoms with Crippen molar-refractivity contribution in [2.75, 3.05) is 18.0 Å². The van der Waals surface area contributed by atoms with E-state index in [1.807, 2.05) is 12.1 Å². The van der Waals surface area contributed by atoms with E-state index in [1.165, 1.54) is 25.7 Å². The van der Waals surface area contributed by atoms with Crippen LogP contribution in [0.2, 0.25) is 0 Å². The van der Waals surface area contributed by atoms with Gasteiger partial charge in [-0.25, -0.2) is 4.98 Å². The van der Waals surface area contributed by atoms with Crippen LogP contribution in [0.3, 0.4) is 0 Å². The predicted octanol–water partition coefficient (Wildman–Crippen LogP) is 3.30. The van der Waals surface area contributed by atoms with Gasteiger partial charge in [-0.15, -0.1) is 0 Å². The molecule has 3 nitrogen and oxygen atoms in total. The lowest BCUT2D eigenvalue weighted by molar-refractivity contribution is 0.101. The van der Waals surface area contributed by atoms with Gasteiger partial charge in [-0.3, -0.25) is 4.79 Å². The molecule has 1 aromatic rings. The highest BCUT2D eigenvalue weighted by atomic mass is 16.1. The number of ketones is 1. The van der Waals surface area contributed by atoms with Crippen LogP contribution in [0.15, 0.2) is 18.3 Å². The number of carbonyl (C=O) groups excluding carboxylic acids is 1. The van der Waals surface area contributed by atoms with Gasteiger partial charge in [-0.1, -0.05) is 13.3 Å². The Bertz CT molecular complexity index is 399. The van der Waals surface area contributed by atoms with Crippen LogP contribution in [0, 0.1) is 5.92 Å². The van der Waals surface area contributed by atoms with E-state index in [4.69, 9.17) is 0 Å². The van der Waals surface area contributed by atoms with E-state index < -0.39 is 0 Å². The van der Waals surface area contributed by atoms with Gasteiger partial charge in [0, 0.05) is 24.8 Å². The van der Waals surface area contributed by atoms with Gasteiger partial charge in [0.2, 0.25) is 0 Å². The number of nitrogens with zero attached hydrogens (tertiary/aromatic N) is 2. The molecule has 0 saturated carbocycles. The summed E-state index contributed by atoms with van der Waals surface area (Å²) in [6.07, 6.45) is 6.81. The zero-order chi connectivity index (χ0) is 13.0. The molecule has 0 N–H and O–H groups in total. The molecular weight excluding hydrogens is 224 g/mol. The highest BCUT2D eigenvalue weighted by molar-refractivity contribution is 5.93. The summed E-state index contributed by atoms with van der Waals surface area (Å²) in [7, 11) is 0. The highest BCUT2D eigenvalue weighted by Crippen LogP contribution is 2.23. The summed E-state index contributed by atoms with van der Waals surface area (Å²) in [6.45, 7) is 6.03. The van der Waals surface area contributed by atoms with Crippen molar-refractivity contribution < 1.29 is 4.79 Å². The van der Waals surface area contributed by atoms with E-state index in [1.54, 1.807) is 13.1 Å². The number of aromatic nitrogens is 1. The third kappa shape index (κ3) is 3.09. The van der Waals surface area contributed by atoms with Crippen molar-refractivity contribution in [3.63, 3.8) is 0 Å². The van der Waals surface area contributed by atoms with E-state index in [0.29, 0.717) is 5.56 Å².